The van der Waals surface area contributed by atoms with E-state index < -0.39 is 11.8 Å². The first-order chi connectivity index (χ1) is 7.54. The molecule has 1 aromatic carbocycles. The zero-order valence-electron chi connectivity index (χ0n) is 9.07. The number of benzene rings is 1. The average Bonchev–Trinajstić information content (AvgIpc) is 2.25. The maximum atomic E-state index is 13.2. The number of rotatable bonds is 5. The van der Waals surface area contributed by atoms with E-state index in [4.69, 9.17) is 14.6 Å². The minimum Gasteiger partial charge on any atom is -0.491 e. The molecule has 0 aliphatic carbocycles. The highest BCUT2D eigenvalue weighted by Gasteiger charge is 2.11. The molecule has 88 valence electrons. The second kappa shape index (κ2) is 5.46. The predicted octanol–water partition coefficient (Wildman–Crippen LogP) is 1.94. The Bertz CT molecular complexity index is 378. The number of ether oxygens (including phenoxy) is 2. The molecule has 1 N–H and O–H groups in total. The quantitative estimate of drug-likeness (QED) is 0.836. The zero-order valence-corrected chi connectivity index (χ0v) is 9.07. The first kappa shape index (κ1) is 12.4. The van der Waals surface area contributed by atoms with E-state index in [1.54, 1.807) is 7.11 Å². The predicted molar refractivity (Wildman–Crippen MR) is 55.3 cm³/mol. The Morgan fingerprint density at radius 1 is 1.56 bits per heavy atom. The summed E-state index contributed by atoms with van der Waals surface area (Å²) in [5, 5.41) is 8.61. The molecule has 0 aliphatic heterocycles. The summed E-state index contributed by atoms with van der Waals surface area (Å²) in [5.74, 6) is -1.82. The molecule has 0 fully saturated rings. The number of carboxylic acids is 1. The highest BCUT2D eigenvalue weighted by atomic mass is 19.1. The smallest absolute Gasteiger partial charge is 0.338 e. The van der Waals surface area contributed by atoms with Crippen LogP contribution < -0.4 is 4.74 Å². The lowest BCUT2D eigenvalue weighted by molar-refractivity contribution is 0.0686. The number of hydrogen-bond acceptors (Lipinski definition) is 3. The summed E-state index contributed by atoms with van der Waals surface area (Å²) in [6, 6.07) is 3.63. The molecular weight excluding hydrogens is 215 g/mol. The van der Waals surface area contributed by atoms with Crippen LogP contribution >= 0.6 is 0 Å². The zero-order chi connectivity index (χ0) is 12.1. The molecule has 1 rings (SSSR count). The number of halogens is 1. The van der Waals surface area contributed by atoms with E-state index in [0.29, 0.717) is 0 Å². The second-order valence-corrected chi connectivity index (χ2v) is 3.30. The third-order valence-electron chi connectivity index (χ3n) is 2.06. The first-order valence-electron chi connectivity index (χ1n) is 4.73. The molecule has 0 aliphatic rings. The van der Waals surface area contributed by atoms with E-state index in [-0.39, 0.29) is 24.0 Å². The highest BCUT2D eigenvalue weighted by Crippen LogP contribution is 2.17. The molecule has 0 amide bonds. The minimum atomic E-state index is -1.30. The molecule has 16 heavy (non-hydrogen) atoms. The molecule has 1 aromatic rings. The van der Waals surface area contributed by atoms with Crippen molar-refractivity contribution < 1.29 is 23.8 Å². The third-order valence-corrected chi connectivity index (χ3v) is 2.06. The normalized spacial score (nSPS) is 12.2. The van der Waals surface area contributed by atoms with Gasteiger partial charge in [0.25, 0.3) is 0 Å². The summed E-state index contributed by atoms with van der Waals surface area (Å²) in [4.78, 5) is 10.5. The van der Waals surface area contributed by atoms with Crippen LogP contribution in [0.5, 0.6) is 5.75 Å². The number of carbonyl (C=O) groups is 1. The number of aromatic carboxylic acids is 1. The summed E-state index contributed by atoms with van der Waals surface area (Å²) in [5.41, 5.74) is -0.368. The van der Waals surface area contributed by atoms with Crippen molar-refractivity contribution in [2.24, 2.45) is 0 Å². The lowest BCUT2D eigenvalue weighted by Crippen LogP contribution is -2.16. The average molecular weight is 228 g/mol. The monoisotopic (exact) mass is 228 g/mol. The molecule has 0 radical (unpaired) electrons. The lowest BCUT2D eigenvalue weighted by Gasteiger charge is -2.11. The molecule has 0 spiro atoms. The van der Waals surface area contributed by atoms with E-state index in [1.807, 2.05) is 6.92 Å². The van der Waals surface area contributed by atoms with Gasteiger partial charge in [-0.05, 0) is 19.1 Å². The minimum absolute atomic E-state index is 0.109. The second-order valence-electron chi connectivity index (χ2n) is 3.30. The summed E-state index contributed by atoms with van der Waals surface area (Å²) in [6.07, 6.45) is -0.109. The molecule has 0 saturated heterocycles. The van der Waals surface area contributed by atoms with E-state index in [1.165, 1.54) is 12.1 Å². The van der Waals surface area contributed by atoms with Crippen molar-refractivity contribution in [3.8, 4) is 5.75 Å². The van der Waals surface area contributed by atoms with Crippen LogP contribution in [0.15, 0.2) is 18.2 Å². The molecular formula is C11H13FO4. The molecule has 0 bridgehead atoms. The van der Waals surface area contributed by atoms with Crippen molar-refractivity contribution in [2.45, 2.75) is 13.0 Å². The van der Waals surface area contributed by atoms with E-state index in [0.717, 1.165) is 6.07 Å². The van der Waals surface area contributed by atoms with Gasteiger partial charge in [-0.3, -0.25) is 0 Å². The van der Waals surface area contributed by atoms with Gasteiger partial charge in [0.2, 0.25) is 0 Å². The van der Waals surface area contributed by atoms with Crippen molar-refractivity contribution in [3.63, 3.8) is 0 Å². The molecule has 0 aromatic heterocycles. The fraction of sp³-hybridized carbons (Fsp3) is 0.364. The van der Waals surface area contributed by atoms with E-state index in [9.17, 15) is 9.18 Å². The first-order valence-corrected chi connectivity index (χ1v) is 4.73. The Morgan fingerprint density at radius 3 is 2.75 bits per heavy atom. The van der Waals surface area contributed by atoms with Crippen LogP contribution in [-0.4, -0.2) is 30.9 Å². The fourth-order valence-corrected chi connectivity index (χ4v) is 1.04. The van der Waals surface area contributed by atoms with Gasteiger partial charge in [-0.15, -0.1) is 0 Å². The van der Waals surface area contributed by atoms with Crippen molar-refractivity contribution >= 4 is 5.97 Å². The third kappa shape index (κ3) is 3.20. The fourth-order valence-electron chi connectivity index (χ4n) is 1.04. The SMILES string of the molecule is COC(C)COc1ccc(C(=O)O)c(F)c1. The number of carboxylic acid groups (broad SMARTS) is 1. The topological polar surface area (TPSA) is 55.8 Å². The Balaban J connectivity index is 2.70. The Labute approximate surface area is 92.6 Å². The molecule has 1 unspecified atom stereocenters. The highest BCUT2D eigenvalue weighted by molar-refractivity contribution is 5.88. The van der Waals surface area contributed by atoms with Crippen LogP contribution in [-0.2, 0) is 4.74 Å². The van der Waals surface area contributed by atoms with Gasteiger partial charge in [-0.2, -0.15) is 0 Å². The molecule has 4 nitrogen and oxygen atoms in total. The lowest BCUT2D eigenvalue weighted by atomic mass is 10.2. The van der Waals surface area contributed by atoms with Crippen LogP contribution in [0.2, 0.25) is 0 Å². The van der Waals surface area contributed by atoms with Crippen molar-refractivity contribution in [1.82, 2.24) is 0 Å². The van der Waals surface area contributed by atoms with Crippen molar-refractivity contribution in [1.29, 1.82) is 0 Å². The van der Waals surface area contributed by atoms with Crippen LogP contribution in [0, 0.1) is 5.82 Å². The van der Waals surface area contributed by atoms with Gasteiger partial charge < -0.3 is 14.6 Å². The molecule has 5 heteroatoms. The standard InChI is InChI=1S/C11H13FO4/c1-7(15-2)6-16-8-3-4-9(11(13)14)10(12)5-8/h3-5,7H,6H2,1-2H3,(H,13,14). The maximum absolute atomic E-state index is 13.2. The van der Waals surface area contributed by atoms with Gasteiger partial charge >= 0.3 is 5.97 Å². The number of methoxy groups -OCH3 is 1. The Kier molecular flexibility index (Phi) is 4.25. The van der Waals surface area contributed by atoms with Gasteiger partial charge in [-0.25, -0.2) is 9.18 Å². The van der Waals surface area contributed by atoms with Crippen LogP contribution in [0.3, 0.4) is 0 Å². The summed E-state index contributed by atoms with van der Waals surface area (Å²) >= 11 is 0. The number of hydrogen-bond donors (Lipinski definition) is 1. The summed E-state index contributed by atoms with van der Waals surface area (Å²) < 4.78 is 23.4. The van der Waals surface area contributed by atoms with E-state index in [2.05, 4.69) is 0 Å². The van der Waals surface area contributed by atoms with Crippen LogP contribution in [0.25, 0.3) is 0 Å². The van der Waals surface area contributed by atoms with Gasteiger partial charge in [0.05, 0.1) is 11.7 Å². The van der Waals surface area contributed by atoms with Crippen LogP contribution in [0.1, 0.15) is 17.3 Å². The van der Waals surface area contributed by atoms with Gasteiger partial charge in [-0.1, -0.05) is 0 Å². The van der Waals surface area contributed by atoms with Crippen LogP contribution in [0.4, 0.5) is 4.39 Å². The van der Waals surface area contributed by atoms with Gasteiger partial charge in [0.15, 0.2) is 0 Å². The molecule has 1 atom stereocenters. The van der Waals surface area contributed by atoms with E-state index >= 15 is 0 Å². The van der Waals surface area contributed by atoms with Gasteiger partial charge in [0.1, 0.15) is 18.2 Å². The van der Waals surface area contributed by atoms with Gasteiger partial charge in [0, 0.05) is 13.2 Å². The largest absolute Gasteiger partial charge is 0.491 e. The summed E-state index contributed by atoms with van der Waals surface area (Å²) in [7, 11) is 1.54. The molecule has 0 saturated carbocycles. The molecule has 0 heterocycles. The maximum Gasteiger partial charge on any atom is 0.338 e. The Morgan fingerprint density at radius 2 is 2.25 bits per heavy atom. The summed E-state index contributed by atoms with van der Waals surface area (Å²) in [6.45, 7) is 2.09. The van der Waals surface area contributed by atoms with Crippen molar-refractivity contribution in [2.75, 3.05) is 13.7 Å². The van der Waals surface area contributed by atoms with Crippen molar-refractivity contribution in [3.05, 3.63) is 29.6 Å². The Hall–Kier alpha value is -1.62.